The lowest BCUT2D eigenvalue weighted by Gasteiger charge is -2.38. The number of benzene rings is 11. The van der Waals surface area contributed by atoms with E-state index in [-0.39, 0.29) is 5.41 Å². The molecule has 2 aliphatic carbocycles. The summed E-state index contributed by atoms with van der Waals surface area (Å²) >= 11 is 0. The van der Waals surface area contributed by atoms with Gasteiger partial charge in [0, 0.05) is 39.5 Å². The van der Waals surface area contributed by atoms with Gasteiger partial charge >= 0.3 is 0 Å². The topological polar surface area (TPSA) is 6.48 Å². The summed E-state index contributed by atoms with van der Waals surface area (Å²) in [5, 5.41) is 0. The highest BCUT2D eigenvalue weighted by Crippen LogP contribution is 2.63. The molecular formula is C76H64N2. The third kappa shape index (κ3) is 8.09. The van der Waals surface area contributed by atoms with Gasteiger partial charge in [-0.15, -0.1) is 0 Å². The van der Waals surface area contributed by atoms with Crippen molar-refractivity contribution in [1.29, 1.82) is 0 Å². The Kier molecular flexibility index (Phi) is 11.8. The number of aryl methyl sites for hydroxylation is 6. The van der Waals surface area contributed by atoms with Gasteiger partial charge < -0.3 is 9.80 Å². The first-order chi connectivity index (χ1) is 37.8. The Bertz CT molecular complexity index is 3760. The van der Waals surface area contributed by atoms with Crippen molar-refractivity contribution in [3.05, 3.63) is 309 Å². The van der Waals surface area contributed by atoms with E-state index in [1.807, 2.05) is 0 Å². The third-order valence-corrected chi connectivity index (χ3v) is 16.9. The first-order valence-electron chi connectivity index (χ1n) is 27.5. The molecule has 378 valence electrons. The van der Waals surface area contributed by atoms with Gasteiger partial charge in [-0.2, -0.15) is 0 Å². The SMILES string of the molecule is Cc1ccc(N(c2ccc(C)cc2)c2ccc(-c3ccc(C4(c5ccc(-c6ccc(N(c7ccc(C)cc7)c7ccc(C)cc7)cc6)cc5)c5cc(C)ccc5-c5ccc6c(c54)C(C)(C)c4cc(C)ccc4-6)cc3)cc2)cc1. The second-order valence-electron chi connectivity index (χ2n) is 22.6. The van der Waals surface area contributed by atoms with Crippen LogP contribution >= 0.6 is 0 Å². The van der Waals surface area contributed by atoms with Crippen LogP contribution in [0.5, 0.6) is 0 Å². The highest BCUT2D eigenvalue weighted by Gasteiger charge is 2.52. The molecule has 0 heterocycles. The Labute approximate surface area is 461 Å². The first-order valence-corrected chi connectivity index (χ1v) is 27.5. The molecule has 0 fully saturated rings. The van der Waals surface area contributed by atoms with E-state index in [0.717, 1.165) is 34.1 Å². The fourth-order valence-electron chi connectivity index (χ4n) is 12.8. The van der Waals surface area contributed by atoms with E-state index >= 15 is 0 Å². The fourth-order valence-corrected chi connectivity index (χ4v) is 12.8. The van der Waals surface area contributed by atoms with Crippen LogP contribution in [0.25, 0.3) is 44.5 Å². The number of hydrogen-bond acceptors (Lipinski definition) is 2. The Morgan fingerprint density at radius 3 is 0.846 bits per heavy atom. The van der Waals surface area contributed by atoms with Crippen molar-refractivity contribution < 1.29 is 0 Å². The van der Waals surface area contributed by atoms with Crippen LogP contribution in [0.2, 0.25) is 0 Å². The molecule has 2 heteroatoms. The van der Waals surface area contributed by atoms with E-state index in [4.69, 9.17) is 0 Å². The summed E-state index contributed by atoms with van der Waals surface area (Å²) in [5.41, 5.74) is 31.6. The highest BCUT2D eigenvalue weighted by molar-refractivity contribution is 5.95. The molecule has 2 aliphatic rings. The summed E-state index contributed by atoms with van der Waals surface area (Å²) in [6.45, 7) is 18.0. The van der Waals surface area contributed by atoms with Gasteiger partial charge in [-0.05, 0) is 192 Å². The van der Waals surface area contributed by atoms with E-state index in [2.05, 4.69) is 308 Å². The zero-order valence-electron chi connectivity index (χ0n) is 46.0. The third-order valence-electron chi connectivity index (χ3n) is 16.9. The van der Waals surface area contributed by atoms with Crippen molar-refractivity contribution in [2.75, 3.05) is 9.80 Å². The lowest BCUT2D eigenvalue weighted by molar-refractivity contribution is 0.633. The van der Waals surface area contributed by atoms with Crippen LogP contribution in [-0.4, -0.2) is 0 Å². The maximum absolute atomic E-state index is 2.47. The molecule has 0 aliphatic heterocycles. The van der Waals surface area contributed by atoms with Gasteiger partial charge in [0.25, 0.3) is 0 Å². The van der Waals surface area contributed by atoms with E-state index in [1.165, 1.54) is 111 Å². The van der Waals surface area contributed by atoms with Crippen LogP contribution in [0.1, 0.15) is 80.6 Å². The van der Waals surface area contributed by atoms with Gasteiger partial charge in [0.1, 0.15) is 0 Å². The molecular weight excluding hydrogens is 941 g/mol. The average molecular weight is 1010 g/mol. The first kappa shape index (κ1) is 48.6. The van der Waals surface area contributed by atoms with E-state index in [9.17, 15) is 0 Å². The lowest BCUT2D eigenvalue weighted by atomic mass is 9.63. The molecule has 0 atom stereocenters. The molecule has 2 nitrogen and oxygen atoms in total. The fraction of sp³-hybridized carbons (Fsp3) is 0.132. The summed E-state index contributed by atoms with van der Waals surface area (Å²) < 4.78 is 0. The van der Waals surface area contributed by atoms with Crippen LogP contribution in [0.15, 0.2) is 243 Å². The molecule has 0 N–H and O–H groups in total. The zero-order valence-corrected chi connectivity index (χ0v) is 46.0. The Hall–Kier alpha value is -8.98. The zero-order chi connectivity index (χ0) is 53.5. The van der Waals surface area contributed by atoms with Crippen molar-refractivity contribution in [3.63, 3.8) is 0 Å². The molecule has 13 rings (SSSR count). The molecule has 0 bridgehead atoms. The van der Waals surface area contributed by atoms with Crippen molar-refractivity contribution >= 4 is 34.1 Å². The number of nitrogens with zero attached hydrogens (tertiary/aromatic N) is 2. The summed E-state index contributed by atoms with van der Waals surface area (Å²) in [7, 11) is 0. The molecule has 0 radical (unpaired) electrons. The molecule has 11 aromatic carbocycles. The number of hydrogen-bond donors (Lipinski definition) is 0. The van der Waals surface area contributed by atoms with Crippen LogP contribution in [0.3, 0.4) is 0 Å². The molecule has 0 spiro atoms. The monoisotopic (exact) mass is 1000 g/mol. The molecule has 0 unspecified atom stereocenters. The molecule has 0 saturated carbocycles. The second kappa shape index (κ2) is 18.9. The van der Waals surface area contributed by atoms with Gasteiger partial charge in [0.05, 0.1) is 5.41 Å². The van der Waals surface area contributed by atoms with Gasteiger partial charge in [0.15, 0.2) is 0 Å². The van der Waals surface area contributed by atoms with Gasteiger partial charge in [-0.1, -0.05) is 217 Å². The number of rotatable bonds is 10. The Balaban J connectivity index is 0.938. The summed E-state index contributed by atoms with van der Waals surface area (Å²) in [5.74, 6) is 0. The lowest BCUT2D eigenvalue weighted by Crippen LogP contribution is -2.32. The largest absolute Gasteiger partial charge is 0.311 e. The van der Waals surface area contributed by atoms with Crippen molar-refractivity contribution in [1.82, 2.24) is 0 Å². The second-order valence-corrected chi connectivity index (χ2v) is 22.6. The van der Waals surface area contributed by atoms with E-state index < -0.39 is 5.41 Å². The quantitative estimate of drug-likeness (QED) is 0.135. The van der Waals surface area contributed by atoms with Crippen LogP contribution in [0, 0.1) is 41.5 Å². The summed E-state index contributed by atoms with van der Waals surface area (Å²) in [6, 6.07) is 91.6. The Morgan fingerprint density at radius 2 is 0.500 bits per heavy atom. The Morgan fingerprint density at radius 1 is 0.244 bits per heavy atom. The molecule has 0 amide bonds. The van der Waals surface area contributed by atoms with Gasteiger partial charge in [-0.25, -0.2) is 0 Å². The van der Waals surface area contributed by atoms with Gasteiger partial charge in [0.2, 0.25) is 0 Å². The standard InChI is InChI=1S/C76H64N2/c1-49-9-31-61(32-10-49)77(62-33-11-50(2)12-34-62)65-39-23-57(24-40-65)55-19-27-59(28-20-55)76(72-48-54(6)18-44-68(72)70-46-45-69-67-43-17-53(5)47-71(67)75(7,8)73(69)74(70)76)60-29-21-56(22-30-60)58-25-41-66(42-26-58)78(63-35-13-51(3)14-36-63)64-37-15-52(4)16-38-64/h9-48H,1-8H3. The smallest absolute Gasteiger partial charge is 0.0716 e. The minimum Gasteiger partial charge on any atom is -0.311 e. The molecule has 11 aromatic rings. The molecule has 0 saturated heterocycles. The minimum absolute atomic E-state index is 0.246. The van der Waals surface area contributed by atoms with Crippen molar-refractivity contribution in [3.8, 4) is 44.5 Å². The predicted molar refractivity (Wildman–Crippen MR) is 330 cm³/mol. The van der Waals surface area contributed by atoms with Crippen molar-refractivity contribution in [2.45, 2.75) is 66.2 Å². The summed E-state index contributed by atoms with van der Waals surface area (Å²) in [6.07, 6.45) is 0. The maximum atomic E-state index is 2.47. The predicted octanol–water partition coefficient (Wildman–Crippen LogP) is 20.5. The van der Waals surface area contributed by atoms with Crippen molar-refractivity contribution in [2.24, 2.45) is 0 Å². The van der Waals surface area contributed by atoms with Crippen LogP contribution < -0.4 is 9.80 Å². The van der Waals surface area contributed by atoms with E-state index in [0.29, 0.717) is 0 Å². The average Bonchev–Trinajstić information content (AvgIpc) is 2.85. The summed E-state index contributed by atoms with van der Waals surface area (Å²) in [4.78, 5) is 4.69. The van der Waals surface area contributed by atoms with Crippen LogP contribution in [0.4, 0.5) is 34.1 Å². The number of fused-ring (bicyclic) bond motifs is 7. The highest BCUT2D eigenvalue weighted by atomic mass is 15.1. The number of anilines is 6. The van der Waals surface area contributed by atoms with E-state index in [1.54, 1.807) is 0 Å². The normalized spacial score (nSPS) is 13.3. The van der Waals surface area contributed by atoms with Gasteiger partial charge in [-0.3, -0.25) is 0 Å². The molecule has 0 aromatic heterocycles. The van der Waals surface area contributed by atoms with Crippen LogP contribution in [-0.2, 0) is 10.8 Å². The minimum atomic E-state index is -0.619. The maximum Gasteiger partial charge on any atom is 0.0716 e. The molecule has 78 heavy (non-hydrogen) atoms.